The molecule has 2 aromatic carbocycles. The molecule has 0 radical (unpaired) electrons. The summed E-state index contributed by atoms with van der Waals surface area (Å²) in [5.41, 5.74) is 3.55. The van der Waals surface area contributed by atoms with Crippen molar-refractivity contribution in [3.63, 3.8) is 0 Å². The van der Waals surface area contributed by atoms with Crippen LogP contribution in [0.15, 0.2) is 60.8 Å². The van der Waals surface area contributed by atoms with Crippen molar-refractivity contribution < 1.29 is 0 Å². The quantitative estimate of drug-likeness (QED) is 0.597. The standard InChI is InChI=1S/C16H13N/c1-12-9-14-7-8-15(10-16(14)11-17-12)13-5-3-2-4-6-13/h2-11H,1H3. The molecular weight excluding hydrogens is 206 g/mol. The Labute approximate surface area is 101 Å². The molecule has 0 spiro atoms. The molecule has 0 N–H and O–H groups in total. The van der Waals surface area contributed by atoms with Crippen LogP contribution in [0.4, 0.5) is 0 Å². The molecule has 0 unspecified atom stereocenters. The number of benzene rings is 2. The second kappa shape index (κ2) is 4.02. The second-order valence-corrected chi connectivity index (χ2v) is 4.25. The monoisotopic (exact) mass is 219 g/mol. The van der Waals surface area contributed by atoms with Crippen LogP contribution in [0.5, 0.6) is 0 Å². The van der Waals surface area contributed by atoms with Gasteiger partial charge in [-0.25, -0.2) is 0 Å². The molecule has 0 amide bonds. The predicted octanol–water partition coefficient (Wildman–Crippen LogP) is 4.21. The lowest BCUT2D eigenvalue weighted by Crippen LogP contribution is -1.82. The molecule has 1 heteroatoms. The van der Waals surface area contributed by atoms with Gasteiger partial charge in [-0.15, -0.1) is 0 Å². The average molecular weight is 219 g/mol. The Morgan fingerprint density at radius 3 is 2.41 bits per heavy atom. The molecular formula is C16H13N. The molecule has 1 heterocycles. The van der Waals surface area contributed by atoms with Gasteiger partial charge in [0.15, 0.2) is 0 Å². The van der Waals surface area contributed by atoms with Crippen molar-refractivity contribution in [3.05, 3.63) is 66.5 Å². The summed E-state index contributed by atoms with van der Waals surface area (Å²) in [6, 6.07) is 19.0. The first-order valence-electron chi connectivity index (χ1n) is 5.75. The van der Waals surface area contributed by atoms with E-state index in [0.717, 1.165) is 5.69 Å². The highest BCUT2D eigenvalue weighted by Crippen LogP contribution is 2.24. The molecule has 0 atom stereocenters. The summed E-state index contributed by atoms with van der Waals surface area (Å²) in [6.45, 7) is 2.02. The van der Waals surface area contributed by atoms with Crippen LogP contribution >= 0.6 is 0 Å². The Hall–Kier alpha value is -2.15. The minimum absolute atomic E-state index is 1.06. The second-order valence-electron chi connectivity index (χ2n) is 4.25. The normalized spacial score (nSPS) is 10.6. The first kappa shape index (κ1) is 10.0. The van der Waals surface area contributed by atoms with Crippen molar-refractivity contribution in [1.29, 1.82) is 0 Å². The summed E-state index contributed by atoms with van der Waals surface area (Å²) >= 11 is 0. The summed E-state index contributed by atoms with van der Waals surface area (Å²) in [5.74, 6) is 0. The van der Waals surface area contributed by atoms with Gasteiger partial charge < -0.3 is 0 Å². The lowest BCUT2D eigenvalue weighted by molar-refractivity contribution is 1.22. The van der Waals surface area contributed by atoms with Crippen molar-refractivity contribution in [1.82, 2.24) is 4.98 Å². The molecule has 0 aliphatic carbocycles. The first-order chi connectivity index (χ1) is 8.33. The highest BCUT2D eigenvalue weighted by Gasteiger charge is 1.99. The molecule has 0 aliphatic rings. The number of hydrogen-bond donors (Lipinski definition) is 0. The van der Waals surface area contributed by atoms with Crippen LogP contribution in [0.1, 0.15) is 5.69 Å². The molecule has 1 nitrogen and oxygen atoms in total. The first-order valence-corrected chi connectivity index (χ1v) is 5.75. The van der Waals surface area contributed by atoms with Gasteiger partial charge in [-0.3, -0.25) is 4.98 Å². The van der Waals surface area contributed by atoms with Crippen molar-refractivity contribution in [2.45, 2.75) is 6.92 Å². The Morgan fingerprint density at radius 2 is 1.59 bits per heavy atom. The van der Waals surface area contributed by atoms with Gasteiger partial charge in [0.05, 0.1) is 0 Å². The molecule has 0 aliphatic heterocycles. The fourth-order valence-electron chi connectivity index (χ4n) is 2.06. The van der Waals surface area contributed by atoms with E-state index in [1.54, 1.807) is 0 Å². The van der Waals surface area contributed by atoms with Gasteiger partial charge in [0, 0.05) is 17.3 Å². The van der Waals surface area contributed by atoms with Gasteiger partial charge in [0.1, 0.15) is 0 Å². The van der Waals surface area contributed by atoms with E-state index in [4.69, 9.17) is 0 Å². The topological polar surface area (TPSA) is 12.9 Å². The van der Waals surface area contributed by atoms with Gasteiger partial charge in [-0.1, -0.05) is 42.5 Å². The number of rotatable bonds is 1. The molecule has 82 valence electrons. The van der Waals surface area contributed by atoms with Gasteiger partial charge in [0.25, 0.3) is 0 Å². The van der Waals surface area contributed by atoms with Crippen molar-refractivity contribution in [2.24, 2.45) is 0 Å². The third-order valence-corrected chi connectivity index (χ3v) is 2.97. The maximum atomic E-state index is 4.34. The minimum Gasteiger partial charge on any atom is -0.261 e. The lowest BCUT2D eigenvalue weighted by Gasteiger charge is -2.04. The van der Waals surface area contributed by atoms with Gasteiger partial charge in [-0.05, 0) is 35.6 Å². The fourth-order valence-corrected chi connectivity index (χ4v) is 2.06. The van der Waals surface area contributed by atoms with Crippen molar-refractivity contribution >= 4 is 10.8 Å². The number of pyridine rings is 1. The molecule has 3 aromatic rings. The Morgan fingerprint density at radius 1 is 0.765 bits per heavy atom. The van der Waals surface area contributed by atoms with Gasteiger partial charge >= 0.3 is 0 Å². The Bertz CT molecular complexity index is 657. The zero-order chi connectivity index (χ0) is 11.7. The van der Waals surface area contributed by atoms with E-state index in [1.807, 2.05) is 19.2 Å². The Balaban J connectivity index is 2.17. The number of nitrogens with zero attached hydrogens (tertiary/aromatic N) is 1. The SMILES string of the molecule is Cc1cc2ccc(-c3ccccc3)cc2cn1. The smallest absolute Gasteiger partial charge is 0.0379 e. The van der Waals surface area contributed by atoms with Gasteiger partial charge in [0.2, 0.25) is 0 Å². The summed E-state index contributed by atoms with van der Waals surface area (Å²) in [4.78, 5) is 4.34. The van der Waals surface area contributed by atoms with E-state index in [2.05, 4.69) is 53.5 Å². The van der Waals surface area contributed by atoms with Crippen molar-refractivity contribution in [3.8, 4) is 11.1 Å². The zero-order valence-corrected chi connectivity index (χ0v) is 9.72. The summed E-state index contributed by atoms with van der Waals surface area (Å²) in [7, 11) is 0. The molecule has 0 fully saturated rings. The largest absolute Gasteiger partial charge is 0.261 e. The molecule has 0 saturated carbocycles. The number of aryl methyl sites for hydroxylation is 1. The Kier molecular flexibility index (Phi) is 2.37. The zero-order valence-electron chi connectivity index (χ0n) is 9.72. The van der Waals surface area contributed by atoms with Crippen LogP contribution in [0.25, 0.3) is 21.9 Å². The van der Waals surface area contributed by atoms with E-state index in [9.17, 15) is 0 Å². The number of hydrogen-bond acceptors (Lipinski definition) is 1. The van der Waals surface area contributed by atoms with E-state index in [0.29, 0.717) is 0 Å². The van der Waals surface area contributed by atoms with Crippen LogP contribution in [0.2, 0.25) is 0 Å². The van der Waals surface area contributed by atoms with Crippen molar-refractivity contribution in [2.75, 3.05) is 0 Å². The highest BCUT2D eigenvalue weighted by molar-refractivity contribution is 5.86. The average Bonchev–Trinajstić information content (AvgIpc) is 2.39. The maximum absolute atomic E-state index is 4.34. The number of fused-ring (bicyclic) bond motifs is 1. The van der Waals surface area contributed by atoms with E-state index in [1.165, 1.54) is 21.9 Å². The molecule has 1 aromatic heterocycles. The number of aromatic nitrogens is 1. The highest BCUT2D eigenvalue weighted by atomic mass is 14.6. The van der Waals surface area contributed by atoms with Crippen LogP contribution in [-0.2, 0) is 0 Å². The maximum Gasteiger partial charge on any atom is 0.0379 e. The van der Waals surface area contributed by atoms with E-state index < -0.39 is 0 Å². The lowest BCUT2D eigenvalue weighted by atomic mass is 10.0. The molecule has 3 rings (SSSR count). The molecule has 17 heavy (non-hydrogen) atoms. The summed E-state index contributed by atoms with van der Waals surface area (Å²) in [6.07, 6.45) is 1.94. The summed E-state index contributed by atoms with van der Waals surface area (Å²) < 4.78 is 0. The van der Waals surface area contributed by atoms with Gasteiger partial charge in [-0.2, -0.15) is 0 Å². The van der Waals surface area contributed by atoms with Crippen LogP contribution in [0.3, 0.4) is 0 Å². The molecule has 0 saturated heterocycles. The molecule has 0 bridgehead atoms. The summed E-state index contributed by atoms with van der Waals surface area (Å²) in [5, 5.41) is 2.44. The van der Waals surface area contributed by atoms with E-state index >= 15 is 0 Å². The van der Waals surface area contributed by atoms with Crippen LogP contribution in [-0.4, -0.2) is 4.98 Å². The third-order valence-electron chi connectivity index (χ3n) is 2.97. The predicted molar refractivity (Wildman–Crippen MR) is 71.9 cm³/mol. The minimum atomic E-state index is 1.06. The van der Waals surface area contributed by atoms with Crippen LogP contribution in [0, 0.1) is 6.92 Å². The van der Waals surface area contributed by atoms with E-state index in [-0.39, 0.29) is 0 Å². The van der Waals surface area contributed by atoms with Crippen LogP contribution < -0.4 is 0 Å². The third kappa shape index (κ3) is 1.92. The fraction of sp³-hybridized carbons (Fsp3) is 0.0625.